The van der Waals surface area contributed by atoms with Crippen LogP contribution in [0, 0.1) is 6.92 Å². The van der Waals surface area contributed by atoms with Crippen LogP contribution in [0.4, 0.5) is 0 Å². The number of hydrogen-bond donors (Lipinski definition) is 1. The summed E-state index contributed by atoms with van der Waals surface area (Å²) in [5, 5.41) is 10.4. The Balaban J connectivity index is 2.26. The van der Waals surface area contributed by atoms with E-state index in [-0.39, 0.29) is 5.92 Å². The number of aryl methyl sites for hydroxylation is 1. The molecule has 0 spiro atoms. The fourth-order valence-corrected chi connectivity index (χ4v) is 3.85. The molecule has 0 saturated carbocycles. The summed E-state index contributed by atoms with van der Waals surface area (Å²) in [6.07, 6.45) is -0.453. The lowest BCUT2D eigenvalue weighted by Gasteiger charge is -2.18. The van der Waals surface area contributed by atoms with Gasteiger partial charge < -0.3 is 5.11 Å². The number of benzene rings is 1. The highest BCUT2D eigenvalue weighted by molar-refractivity contribution is 9.10. The molecule has 0 saturated heterocycles. The van der Waals surface area contributed by atoms with E-state index in [9.17, 15) is 5.11 Å². The average Bonchev–Trinajstić information content (AvgIpc) is 2.68. The first-order chi connectivity index (χ1) is 8.09. The van der Waals surface area contributed by atoms with Gasteiger partial charge in [-0.05, 0) is 34.5 Å². The highest BCUT2D eigenvalue weighted by Crippen LogP contribution is 2.39. The van der Waals surface area contributed by atoms with Crippen LogP contribution in [0.3, 0.4) is 0 Å². The topological polar surface area (TPSA) is 20.2 Å². The van der Waals surface area contributed by atoms with Gasteiger partial charge in [-0.1, -0.05) is 37.3 Å². The molecule has 1 heterocycles. The molecule has 2 rings (SSSR count). The zero-order chi connectivity index (χ0) is 12.4. The van der Waals surface area contributed by atoms with E-state index in [2.05, 4.69) is 48.0 Å². The molecule has 0 bridgehead atoms. The van der Waals surface area contributed by atoms with E-state index in [1.165, 1.54) is 4.88 Å². The van der Waals surface area contributed by atoms with E-state index in [0.717, 1.165) is 14.9 Å². The lowest BCUT2D eigenvalue weighted by molar-refractivity contribution is 0.154. The van der Waals surface area contributed by atoms with Crippen molar-refractivity contribution in [1.82, 2.24) is 0 Å². The molecule has 2 aromatic rings. The predicted octanol–water partition coefficient (Wildman–Crippen LogP) is 4.66. The van der Waals surface area contributed by atoms with Crippen molar-refractivity contribution in [3.05, 3.63) is 56.2 Å². The van der Waals surface area contributed by atoms with Gasteiger partial charge in [0.05, 0.1) is 6.10 Å². The van der Waals surface area contributed by atoms with Gasteiger partial charge in [0.2, 0.25) is 0 Å². The van der Waals surface area contributed by atoms with Crippen LogP contribution in [0.1, 0.15) is 34.3 Å². The van der Waals surface area contributed by atoms with Crippen LogP contribution in [-0.4, -0.2) is 5.11 Å². The van der Waals surface area contributed by atoms with E-state index >= 15 is 0 Å². The molecule has 0 aliphatic carbocycles. The first-order valence-electron chi connectivity index (χ1n) is 5.58. The zero-order valence-corrected chi connectivity index (χ0v) is 12.3. The van der Waals surface area contributed by atoms with Crippen molar-refractivity contribution in [2.24, 2.45) is 0 Å². The molecule has 0 amide bonds. The highest BCUT2D eigenvalue weighted by Gasteiger charge is 2.22. The number of aliphatic hydroxyl groups is 1. The normalized spacial score (nSPS) is 14.6. The van der Waals surface area contributed by atoms with Gasteiger partial charge in [-0.2, -0.15) is 0 Å². The lowest BCUT2D eigenvalue weighted by Crippen LogP contribution is -2.06. The van der Waals surface area contributed by atoms with Crippen molar-refractivity contribution in [3.8, 4) is 0 Å². The number of rotatable bonds is 3. The first-order valence-corrected chi connectivity index (χ1v) is 7.19. The summed E-state index contributed by atoms with van der Waals surface area (Å²) < 4.78 is 1.01. The fourth-order valence-electron chi connectivity index (χ4n) is 1.87. The minimum Gasteiger partial charge on any atom is -0.387 e. The monoisotopic (exact) mass is 310 g/mol. The van der Waals surface area contributed by atoms with Gasteiger partial charge in [0.25, 0.3) is 0 Å². The van der Waals surface area contributed by atoms with Crippen molar-refractivity contribution in [2.45, 2.75) is 25.9 Å². The van der Waals surface area contributed by atoms with Crippen LogP contribution in [0.25, 0.3) is 0 Å². The van der Waals surface area contributed by atoms with Crippen LogP contribution in [0.5, 0.6) is 0 Å². The highest BCUT2D eigenvalue weighted by atomic mass is 79.9. The molecule has 1 N–H and O–H groups in total. The first kappa shape index (κ1) is 12.8. The minimum absolute atomic E-state index is 0.102. The van der Waals surface area contributed by atoms with E-state index in [4.69, 9.17) is 0 Å². The third-order valence-corrected chi connectivity index (χ3v) is 4.94. The molecule has 0 radical (unpaired) electrons. The fraction of sp³-hybridized carbons (Fsp3) is 0.286. The quantitative estimate of drug-likeness (QED) is 0.874. The molecule has 3 heteroatoms. The Morgan fingerprint density at radius 2 is 1.88 bits per heavy atom. The van der Waals surface area contributed by atoms with Crippen LogP contribution >= 0.6 is 27.3 Å². The molecule has 1 nitrogen and oxygen atoms in total. The molecule has 90 valence electrons. The summed E-state index contributed by atoms with van der Waals surface area (Å²) in [6.45, 7) is 4.11. The summed E-state index contributed by atoms with van der Waals surface area (Å²) in [5.74, 6) is 0.102. The number of aliphatic hydroxyl groups excluding tert-OH is 1. The molecule has 1 aromatic heterocycles. The van der Waals surface area contributed by atoms with Crippen LogP contribution in [-0.2, 0) is 0 Å². The third-order valence-electron chi connectivity index (χ3n) is 2.90. The molecule has 1 aromatic carbocycles. The SMILES string of the molecule is Cc1cc(Br)c(C(O)C(C)c2ccccc2)s1. The Morgan fingerprint density at radius 1 is 1.24 bits per heavy atom. The van der Waals surface area contributed by atoms with Crippen LogP contribution in [0.15, 0.2) is 40.9 Å². The second-order valence-electron chi connectivity index (χ2n) is 4.21. The molecule has 0 fully saturated rings. The Labute approximate surface area is 114 Å². The van der Waals surface area contributed by atoms with Crippen LogP contribution < -0.4 is 0 Å². The summed E-state index contributed by atoms with van der Waals surface area (Å²) in [7, 11) is 0. The maximum Gasteiger partial charge on any atom is 0.0958 e. The second-order valence-corrected chi connectivity index (χ2v) is 6.36. The lowest BCUT2D eigenvalue weighted by atomic mass is 9.94. The number of hydrogen-bond acceptors (Lipinski definition) is 2. The number of halogens is 1. The smallest absolute Gasteiger partial charge is 0.0958 e. The molecule has 0 aliphatic heterocycles. The minimum atomic E-state index is -0.453. The molecule has 2 unspecified atom stereocenters. The Kier molecular flexibility index (Phi) is 4.02. The van der Waals surface area contributed by atoms with Crippen molar-refractivity contribution in [1.29, 1.82) is 0 Å². The third kappa shape index (κ3) is 2.79. The summed E-state index contributed by atoms with van der Waals surface area (Å²) in [4.78, 5) is 2.23. The summed E-state index contributed by atoms with van der Waals surface area (Å²) in [6, 6.07) is 12.2. The van der Waals surface area contributed by atoms with E-state index < -0.39 is 6.10 Å². The van der Waals surface area contributed by atoms with E-state index in [1.54, 1.807) is 11.3 Å². The molecule has 0 aliphatic rings. The average molecular weight is 311 g/mol. The number of thiophene rings is 1. The maximum atomic E-state index is 10.4. The van der Waals surface area contributed by atoms with Gasteiger partial charge in [-0.25, -0.2) is 0 Å². The molecule has 2 atom stereocenters. The van der Waals surface area contributed by atoms with Crippen molar-refractivity contribution < 1.29 is 5.11 Å². The van der Waals surface area contributed by atoms with Crippen molar-refractivity contribution >= 4 is 27.3 Å². The zero-order valence-electron chi connectivity index (χ0n) is 9.85. The summed E-state index contributed by atoms with van der Waals surface area (Å²) in [5.41, 5.74) is 1.16. The Hall–Kier alpha value is -0.640. The van der Waals surface area contributed by atoms with Crippen molar-refractivity contribution in [2.75, 3.05) is 0 Å². The van der Waals surface area contributed by atoms with E-state index in [0.29, 0.717) is 0 Å². The van der Waals surface area contributed by atoms with Gasteiger partial charge in [0, 0.05) is 20.1 Å². The Morgan fingerprint density at radius 3 is 2.41 bits per heavy atom. The molecular weight excluding hydrogens is 296 g/mol. The summed E-state index contributed by atoms with van der Waals surface area (Å²) >= 11 is 5.16. The van der Waals surface area contributed by atoms with Gasteiger partial charge in [-0.3, -0.25) is 0 Å². The molecule has 17 heavy (non-hydrogen) atoms. The largest absolute Gasteiger partial charge is 0.387 e. The standard InChI is InChI=1S/C14H15BrOS/c1-9-8-12(15)14(17-9)13(16)10(2)11-6-4-3-5-7-11/h3-8,10,13,16H,1-2H3. The maximum absolute atomic E-state index is 10.4. The van der Waals surface area contributed by atoms with Crippen molar-refractivity contribution in [3.63, 3.8) is 0 Å². The second kappa shape index (κ2) is 5.34. The van der Waals surface area contributed by atoms with Gasteiger partial charge in [-0.15, -0.1) is 11.3 Å². The molecular formula is C14H15BrOS. The van der Waals surface area contributed by atoms with Gasteiger partial charge >= 0.3 is 0 Å². The van der Waals surface area contributed by atoms with Crippen LogP contribution in [0.2, 0.25) is 0 Å². The van der Waals surface area contributed by atoms with E-state index in [1.807, 2.05) is 18.2 Å². The predicted molar refractivity (Wildman–Crippen MR) is 76.6 cm³/mol. The van der Waals surface area contributed by atoms with Gasteiger partial charge in [0.1, 0.15) is 0 Å². The van der Waals surface area contributed by atoms with Gasteiger partial charge in [0.15, 0.2) is 0 Å². The Bertz CT molecular complexity index is 492.